The zero-order valence-corrected chi connectivity index (χ0v) is 21.2. The molecule has 4 rings (SSSR count). The maximum absolute atomic E-state index is 13.4. The Balaban J connectivity index is 1.84. The Morgan fingerprint density at radius 2 is 1.76 bits per heavy atom. The van der Waals surface area contributed by atoms with E-state index in [0.29, 0.717) is 27.0 Å². The average molecular weight is 554 g/mol. The third-order valence-electron chi connectivity index (χ3n) is 5.37. The summed E-state index contributed by atoms with van der Waals surface area (Å²) in [5.41, 5.74) is 3.63. The number of hydrogen-bond acceptors (Lipinski definition) is 3. The molecule has 1 aromatic heterocycles. The van der Waals surface area contributed by atoms with Crippen molar-refractivity contribution in [3.05, 3.63) is 104 Å². The van der Waals surface area contributed by atoms with Gasteiger partial charge in [0.05, 0.1) is 34.9 Å². The minimum Gasteiger partial charge on any atom is -0.344 e. The number of rotatable bonds is 6. The SMILES string of the molecule is CC(NC(=O)c1nn(-c2ccccc2Cl)c(-c2ccc(Cl)cc2)c1CC#N)c1ccc(Br)cc1. The Hall–Kier alpha value is -3.11. The van der Waals surface area contributed by atoms with Gasteiger partial charge in [-0.2, -0.15) is 10.4 Å². The normalized spacial score (nSPS) is 11.6. The number of nitriles is 1. The van der Waals surface area contributed by atoms with E-state index in [9.17, 15) is 10.1 Å². The number of amides is 1. The van der Waals surface area contributed by atoms with Crippen LogP contribution in [0.4, 0.5) is 0 Å². The Bertz CT molecular complexity index is 1380. The van der Waals surface area contributed by atoms with Gasteiger partial charge in [-0.25, -0.2) is 4.68 Å². The van der Waals surface area contributed by atoms with E-state index in [0.717, 1.165) is 15.6 Å². The molecule has 0 aliphatic rings. The van der Waals surface area contributed by atoms with Crippen molar-refractivity contribution in [1.82, 2.24) is 15.1 Å². The number of carbonyl (C=O) groups is 1. The first-order valence-electron chi connectivity index (χ1n) is 10.4. The van der Waals surface area contributed by atoms with E-state index in [1.807, 2.05) is 61.5 Å². The van der Waals surface area contributed by atoms with Crippen LogP contribution in [0.15, 0.2) is 77.3 Å². The summed E-state index contributed by atoms with van der Waals surface area (Å²) in [6.45, 7) is 1.90. The van der Waals surface area contributed by atoms with Gasteiger partial charge < -0.3 is 5.32 Å². The first-order chi connectivity index (χ1) is 16.4. The Morgan fingerprint density at radius 3 is 2.41 bits per heavy atom. The van der Waals surface area contributed by atoms with E-state index in [2.05, 4.69) is 32.4 Å². The fourth-order valence-electron chi connectivity index (χ4n) is 3.68. The smallest absolute Gasteiger partial charge is 0.272 e. The molecule has 1 atom stereocenters. The number of carbonyl (C=O) groups excluding carboxylic acids is 1. The zero-order chi connectivity index (χ0) is 24.2. The minimum atomic E-state index is -0.373. The van der Waals surface area contributed by atoms with Crippen molar-refractivity contribution in [2.75, 3.05) is 0 Å². The zero-order valence-electron chi connectivity index (χ0n) is 18.1. The monoisotopic (exact) mass is 552 g/mol. The molecule has 0 aliphatic carbocycles. The van der Waals surface area contributed by atoms with Crippen molar-refractivity contribution >= 4 is 45.0 Å². The maximum Gasteiger partial charge on any atom is 0.272 e. The summed E-state index contributed by atoms with van der Waals surface area (Å²) < 4.78 is 2.58. The van der Waals surface area contributed by atoms with Gasteiger partial charge in [-0.15, -0.1) is 0 Å². The molecular weight excluding hydrogens is 535 g/mol. The summed E-state index contributed by atoms with van der Waals surface area (Å²) in [4.78, 5) is 13.4. The van der Waals surface area contributed by atoms with E-state index in [1.54, 1.807) is 22.9 Å². The van der Waals surface area contributed by atoms with Crippen LogP contribution in [0.3, 0.4) is 0 Å². The Morgan fingerprint density at radius 1 is 1.09 bits per heavy atom. The molecule has 1 unspecified atom stereocenters. The second-order valence-electron chi connectivity index (χ2n) is 7.63. The van der Waals surface area contributed by atoms with E-state index >= 15 is 0 Å². The number of para-hydroxylation sites is 1. The number of nitrogens with zero attached hydrogens (tertiary/aromatic N) is 3. The fourth-order valence-corrected chi connectivity index (χ4v) is 4.29. The van der Waals surface area contributed by atoms with Gasteiger partial charge in [0.2, 0.25) is 0 Å². The molecule has 0 aliphatic heterocycles. The topological polar surface area (TPSA) is 70.7 Å². The maximum atomic E-state index is 13.4. The van der Waals surface area contributed by atoms with Crippen LogP contribution in [-0.2, 0) is 6.42 Å². The molecule has 34 heavy (non-hydrogen) atoms. The Labute approximate surface area is 216 Å². The van der Waals surface area contributed by atoms with Gasteiger partial charge in [-0.05, 0) is 48.9 Å². The highest BCUT2D eigenvalue weighted by molar-refractivity contribution is 9.10. The fraction of sp³-hybridized carbons (Fsp3) is 0.115. The van der Waals surface area contributed by atoms with E-state index in [1.165, 1.54) is 0 Å². The second kappa shape index (κ2) is 10.4. The Kier molecular flexibility index (Phi) is 7.38. The summed E-state index contributed by atoms with van der Waals surface area (Å²) in [6.07, 6.45) is -0.00215. The van der Waals surface area contributed by atoms with Crippen LogP contribution in [-0.4, -0.2) is 15.7 Å². The molecule has 4 aromatic rings. The first-order valence-corrected chi connectivity index (χ1v) is 12.0. The van der Waals surface area contributed by atoms with Crippen LogP contribution in [0.2, 0.25) is 10.0 Å². The molecule has 0 spiro atoms. The van der Waals surface area contributed by atoms with Gasteiger partial charge >= 0.3 is 0 Å². The van der Waals surface area contributed by atoms with Gasteiger partial charge in [-0.1, -0.05) is 75.5 Å². The first kappa shape index (κ1) is 24.0. The van der Waals surface area contributed by atoms with Gasteiger partial charge in [0.15, 0.2) is 5.69 Å². The summed E-state index contributed by atoms with van der Waals surface area (Å²) in [5.74, 6) is -0.373. The molecule has 0 saturated heterocycles. The van der Waals surface area contributed by atoms with Gasteiger partial charge in [0.25, 0.3) is 5.91 Å². The third-order valence-corrected chi connectivity index (χ3v) is 6.47. The van der Waals surface area contributed by atoms with Crippen LogP contribution >= 0.6 is 39.1 Å². The molecule has 5 nitrogen and oxygen atoms in total. The van der Waals surface area contributed by atoms with Gasteiger partial charge in [-0.3, -0.25) is 4.79 Å². The summed E-state index contributed by atoms with van der Waals surface area (Å²) >= 11 is 16.0. The van der Waals surface area contributed by atoms with E-state index in [4.69, 9.17) is 23.2 Å². The third kappa shape index (κ3) is 5.02. The molecule has 0 saturated carbocycles. The van der Waals surface area contributed by atoms with Crippen LogP contribution < -0.4 is 5.32 Å². The predicted octanol–water partition coefficient (Wildman–Crippen LogP) is 7.17. The summed E-state index contributed by atoms with van der Waals surface area (Å²) in [7, 11) is 0. The van der Waals surface area contributed by atoms with Crippen molar-refractivity contribution in [3.8, 4) is 23.0 Å². The number of benzene rings is 3. The number of hydrogen-bond donors (Lipinski definition) is 1. The highest BCUT2D eigenvalue weighted by Gasteiger charge is 2.26. The lowest BCUT2D eigenvalue weighted by atomic mass is 10.0. The molecule has 170 valence electrons. The van der Waals surface area contributed by atoms with Crippen molar-refractivity contribution in [3.63, 3.8) is 0 Å². The van der Waals surface area contributed by atoms with Gasteiger partial charge in [0.1, 0.15) is 0 Å². The lowest BCUT2D eigenvalue weighted by Gasteiger charge is -2.14. The molecule has 0 radical (unpaired) electrons. The summed E-state index contributed by atoms with van der Waals surface area (Å²) in [5, 5.41) is 18.3. The minimum absolute atomic E-state index is 0.00215. The predicted molar refractivity (Wildman–Crippen MR) is 138 cm³/mol. The summed E-state index contributed by atoms with van der Waals surface area (Å²) in [6, 6.07) is 24.0. The molecule has 0 bridgehead atoms. The average Bonchev–Trinajstić information content (AvgIpc) is 3.19. The number of halogens is 3. The molecule has 0 fully saturated rings. The van der Waals surface area contributed by atoms with E-state index in [-0.39, 0.29) is 24.1 Å². The second-order valence-corrected chi connectivity index (χ2v) is 9.39. The number of aromatic nitrogens is 2. The van der Waals surface area contributed by atoms with Gasteiger partial charge in [0, 0.05) is 20.6 Å². The van der Waals surface area contributed by atoms with Crippen molar-refractivity contribution in [2.24, 2.45) is 0 Å². The van der Waals surface area contributed by atoms with Crippen molar-refractivity contribution < 1.29 is 4.79 Å². The quantitative estimate of drug-likeness (QED) is 0.275. The lowest BCUT2D eigenvalue weighted by molar-refractivity contribution is 0.0933. The van der Waals surface area contributed by atoms with Crippen molar-refractivity contribution in [1.29, 1.82) is 5.26 Å². The van der Waals surface area contributed by atoms with Crippen LogP contribution in [0.1, 0.15) is 34.6 Å². The largest absolute Gasteiger partial charge is 0.344 e. The molecule has 1 amide bonds. The molecular formula is C26H19BrCl2N4O. The van der Waals surface area contributed by atoms with Crippen LogP contribution in [0.25, 0.3) is 16.9 Å². The highest BCUT2D eigenvalue weighted by atomic mass is 79.9. The molecule has 8 heteroatoms. The van der Waals surface area contributed by atoms with E-state index < -0.39 is 0 Å². The van der Waals surface area contributed by atoms with Crippen LogP contribution in [0, 0.1) is 11.3 Å². The number of nitrogens with one attached hydrogen (secondary N) is 1. The molecule has 1 heterocycles. The van der Waals surface area contributed by atoms with Crippen LogP contribution in [0.5, 0.6) is 0 Å². The lowest BCUT2D eigenvalue weighted by Crippen LogP contribution is -2.28. The molecule has 3 aromatic carbocycles. The van der Waals surface area contributed by atoms with Crippen molar-refractivity contribution in [2.45, 2.75) is 19.4 Å². The standard InChI is InChI=1S/C26H19BrCl2N4O/c1-16(17-6-10-19(27)11-7-17)31-26(34)24-21(14-15-30)25(18-8-12-20(28)13-9-18)33(32-24)23-5-3-2-4-22(23)29/h2-13,16H,14H2,1H3,(H,31,34). The highest BCUT2D eigenvalue weighted by Crippen LogP contribution is 2.33. The molecule has 1 N–H and O–H groups in total.